The van der Waals surface area contributed by atoms with E-state index in [-0.39, 0.29) is 18.9 Å². The van der Waals surface area contributed by atoms with Gasteiger partial charge in [0.15, 0.2) is 0 Å². The SMILES string of the molecule is O=C1CSc2ccc(C(=O)N3CCCC(C(F)(F)F)C3)cc2N1. The summed E-state index contributed by atoms with van der Waals surface area (Å²) in [6.07, 6.45) is -3.88. The van der Waals surface area contributed by atoms with Crippen molar-refractivity contribution in [3.63, 3.8) is 0 Å². The molecule has 1 aromatic rings. The molecule has 2 heterocycles. The summed E-state index contributed by atoms with van der Waals surface area (Å²) >= 11 is 1.37. The van der Waals surface area contributed by atoms with Crippen LogP contribution in [0, 0.1) is 5.92 Å². The number of alkyl halides is 3. The maximum absolute atomic E-state index is 12.9. The Hall–Kier alpha value is -1.70. The largest absolute Gasteiger partial charge is 0.393 e. The lowest BCUT2D eigenvalue weighted by Crippen LogP contribution is -2.44. The number of nitrogens with zero attached hydrogens (tertiary/aromatic N) is 1. The Labute approximate surface area is 135 Å². The topological polar surface area (TPSA) is 49.4 Å². The molecule has 1 saturated heterocycles. The maximum atomic E-state index is 12.9. The minimum Gasteiger partial charge on any atom is -0.338 e. The Balaban J connectivity index is 1.78. The number of nitrogens with one attached hydrogen (secondary N) is 1. The number of hydrogen-bond donors (Lipinski definition) is 1. The lowest BCUT2D eigenvalue weighted by atomic mass is 9.97. The van der Waals surface area contributed by atoms with Crippen molar-refractivity contribution in [1.82, 2.24) is 4.90 Å². The van der Waals surface area contributed by atoms with Crippen molar-refractivity contribution in [1.29, 1.82) is 0 Å². The van der Waals surface area contributed by atoms with E-state index < -0.39 is 18.0 Å². The molecule has 0 aliphatic carbocycles. The van der Waals surface area contributed by atoms with Crippen LogP contribution in [0.5, 0.6) is 0 Å². The van der Waals surface area contributed by atoms with Gasteiger partial charge in [-0.2, -0.15) is 13.2 Å². The number of rotatable bonds is 1. The normalized spacial score (nSPS) is 21.6. The van der Waals surface area contributed by atoms with Crippen molar-refractivity contribution in [3.05, 3.63) is 23.8 Å². The quantitative estimate of drug-likeness (QED) is 0.851. The van der Waals surface area contributed by atoms with Gasteiger partial charge >= 0.3 is 6.18 Å². The highest BCUT2D eigenvalue weighted by molar-refractivity contribution is 8.00. The van der Waals surface area contributed by atoms with Gasteiger partial charge in [0, 0.05) is 23.5 Å². The van der Waals surface area contributed by atoms with E-state index in [4.69, 9.17) is 0 Å². The monoisotopic (exact) mass is 344 g/mol. The zero-order valence-corrected chi connectivity index (χ0v) is 13.0. The third-order valence-electron chi connectivity index (χ3n) is 4.03. The Morgan fingerprint density at radius 2 is 2.13 bits per heavy atom. The van der Waals surface area contributed by atoms with Gasteiger partial charge in [-0.3, -0.25) is 9.59 Å². The highest BCUT2D eigenvalue weighted by atomic mass is 32.2. The summed E-state index contributed by atoms with van der Waals surface area (Å²) in [5.41, 5.74) is 0.843. The number of halogens is 3. The molecule has 23 heavy (non-hydrogen) atoms. The highest BCUT2D eigenvalue weighted by Crippen LogP contribution is 2.35. The summed E-state index contributed by atoms with van der Waals surface area (Å²) < 4.78 is 38.6. The van der Waals surface area contributed by atoms with Crippen LogP contribution in [0.2, 0.25) is 0 Å². The van der Waals surface area contributed by atoms with Crippen LogP contribution in [-0.2, 0) is 4.79 Å². The van der Waals surface area contributed by atoms with Crippen LogP contribution >= 0.6 is 11.8 Å². The van der Waals surface area contributed by atoms with Gasteiger partial charge in [-0.15, -0.1) is 11.8 Å². The minimum atomic E-state index is -4.28. The van der Waals surface area contributed by atoms with Gasteiger partial charge in [0.1, 0.15) is 0 Å². The van der Waals surface area contributed by atoms with Crippen LogP contribution < -0.4 is 5.32 Å². The van der Waals surface area contributed by atoms with Gasteiger partial charge in [0.05, 0.1) is 17.4 Å². The van der Waals surface area contributed by atoms with Crippen LogP contribution in [0.3, 0.4) is 0 Å². The van der Waals surface area contributed by atoms with E-state index in [1.54, 1.807) is 18.2 Å². The molecule has 0 bridgehead atoms. The van der Waals surface area contributed by atoms with E-state index in [9.17, 15) is 22.8 Å². The average molecular weight is 344 g/mol. The number of hydrogen-bond acceptors (Lipinski definition) is 3. The molecule has 8 heteroatoms. The number of carbonyl (C=O) groups is 2. The molecule has 0 spiro atoms. The molecular formula is C15H15F3N2O2S. The van der Waals surface area contributed by atoms with Crippen LogP contribution in [0.15, 0.2) is 23.1 Å². The summed E-state index contributed by atoms with van der Waals surface area (Å²) in [6, 6.07) is 4.86. The summed E-state index contributed by atoms with van der Waals surface area (Å²) in [4.78, 5) is 26.0. The van der Waals surface area contributed by atoms with Crippen LogP contribution in [0.4, 0.5) is 18.9 Å². The van der Waals surface area contributed by atoms with Crippen molar-refractivity contribution < 1.29 is 22.8 Å². The van der Waals surface area contributed by atoms with Gasteiger partial charge in [-0.25, -0.2) is 0 Å². The predicted octanol–water partition coefficient (Wildman–Crippen LogP) is 3.15. The number of fused-ring (bicyclic) bond motifs is 1. The van der Waals surface area contributed by atoms with E-state index in [0.717, 1.165) is 4.90 Å². The number of benzene rings is 1. The standard InChI is InChI=1S/C15H15F3N2O2S/c16-15(17,18)10-2-1-5-20(7-10)14(22)9-3-4-12-11(6-9)19-13(21)8-23-12/h3-4,6,10H,1-2,5,7-8H2,(H,19,21). The molecule has 1 unspecified atom stereocenters. The molecular weight excluding hydrogens is 329 g/mol. The van der Waals surface area contributed by atoms with Crippen LogP contribution in [0.1, 0.15) is 23.2 Å². The molecule has 2 aliphatic rings. The molecule has 0 radical (unpaired) electrons. The Bertz CT molecular complexity index is 648. The number of likely N-dealkylation sites (tertiary alicyclic amines) is 1. The van der Waals surface area contributed by atoms with E-state index in [0.29, 0.717) is 30.0 Å². The number of carbonyl (C=O) groups excluding carboxylic acids is 2. The number of piperidine rings is 1. The molecule has 2 aliphatic heterocycles. The minimum absolute atomic E-state index is 0.0597. The summed E-state index contributed by atoms with van der Waals surface area (Å²) in [5, 5.41) is 2.68. The molecule has 1 N–H and O–H groups in total. The second kappa shape index (κ2) is 6.07. The molecule has 0 aromatic heterocycles. The lowest BCUT2D eigenvalue weighted by molar-refractivity contribution is -0.184. The number of amides is 2. The zero-order valence-electron chi connectivity index (χ0n) is 12.2. The predicted molar refractivity (Wildman–Crippen MR) is 80.5 cm³/mol. The highest BCUT2D eigenvalue weighted by Gasteiger charge is 2.42. The first-order valence-electron chi connectivity index (χ1n) is 7.27. The second-order valence-electron chi connectivity index (χ2n) is 5.68. The van der Waals surface area contributed by atoms with E-state index in [2.05, 4.69) is 5.32 Å². The molecule has 3 rings (SSSR count). The van der Waals surface area contributed by atoms with Gasteiger partial charge in [0.25, 0.3) is 5.91 Å². The fraction of sp³-hybridized carbons (Fsp3) is 0.467. The van der Waals surface area contributed by atoms with Crippen molar-refractivity contribution in [2.24, 2.45) is 5.92 Å². The first-order valence-corrected chi connectivity index (χ1v) is 8.26. The maximum Gasteiger partial charge on any atom is 0.393 e. The summed E-state index contributed by atoms with van der Waals surface area (Å²) in [6.45, 7) is 0.0180. The molecule has 0 saturated carbocycles. The van der Waals surface area contributed by atoms with Crippen molar-refractivity contribution >= 4 is 29.3 Å². The first kappa shape index (κ1) is 16.2. The third kappa shape index (κ3) is 3.46. The van der Waals surface area contributed by atoms with Crippen molar-refractivity contribution in [2.45, 2.75) is 23.9 Å². The molecule has 2 amide bonds. The van der Waals surface area contributed by atoms with Gasteiger partial charge in [0.2, 0.25) is 5.91 Å². The lowest BCUT2D eigenvalue weighted by Gasteiger charge is -2.34. The number of thioether (sulfide) groups is 1. The first-order chi connectivity index (χ1) is 10.8. The third-order valence-corrected chi connectivity index (χ3v) is 5.10. The second-order valence-corrected chi connectivity index (χ2v) is 6.70. The fourth-order valence-electron chi connectivity index (χ4n) is 2.83. The molecule has 1 fully saturated rings. The van der Waals surface area contributed by atoms with Crippen LogP contribution in [-0.4, -0.2) is 41.7 Å². The molecule has 1 atom stereocenters. The van der Waals surface area contributed by atoms with Crippen molar-refractivity contribution in [3.8, 4) is 0 Å². The Morgan fingerprint density at radius 1 is 1.35 bits per heavy atom. The molecule has 4 nitrogen and oxygen atoms in total. The summed E-state index contributed by atoms with van der Waals surface area (Å²) in [7, 11) is 0. The van der Waals surface area contributed by atoms with E-state index >= 15 is 0 Å². The van der Waals surface area contributed by atoms with E-state index in [1.165, 1.54) is 16.7 Å². The molecule has 1 aromatic carbocycles. The van der Waals surface area contributed by atoms with E-state index in [1.807, 2.05) is 0 Å². The number of anilines is 1. The Kier molecular flexibility index (Phi) is 4.27. The molecule has 124 valence electrons. The average Bonchev–Trinajstić information content (AvgIpc) is 2.52. The van der Waals surface area contributed by atoms with Crippen molar-refractivity contribution in [2.75, 3.05) is 24.2 Å². The van der Waals surface area contributed by atoms with Crippen LogP contribution in [0.25, 0.3) is 0 Å². The van der Waals surface area contributed by atoms with Gasteiger partial charge < -0.3 is 10.2 Å². The Morgan fingerprint density at radius 3 is 2.87 bits per heavy atom. The zero-order chi connectivity index (χ0) is 16.6. The van der Waals surface area contributed by atoms with Gasteiger partial charge in [-0.1, -0.05) is 0 Å². The smallest absolute Gasteiger partial charge is 0.338 e. The fourth-order valence-corrected chi connectivity index (χ4v) is 3.62. The summed E-state index contributed by atoms with van der Waals surface area (Å²) in [5.74, 6) is -1.72. The van der Waals surface area contributed by atoms with Gasteiger partial charge in [-0.05, 0) is 31.0 Å².